The molecular weight excluding hydrogens is 486 g/mol. The van der Waals surface area contributed by atoms with Crippen molar-refractivity contribution in [3.8, 4) is 0 Å². The molecule has 1 aromatic carbocycles. The van der Waals surface area contributed by atoms with Crippen LogP contribution < -0.4 is 16.4 Å². The van der Waals surface area contributed by atoms with E-state index in [1.54, 1.807) is 13.0 Å². The normalized spacial score (nSPS) is 17.3. The van der Waals surface area contributed by atoms with E-state index in [0.29, 0.717) is 10.6 Å². The van der Waals surface area contributed by atoms with Crippen LogP contribution in [0.5, 0.6) is 0 Å². The first kappa shape index (κ1) is 25.4. The Morgan fingerprint density at radius 3 is 2.31 bits per heavy atom. The number of amides is 3. The molecule has 2 saturated carbocycles. The molecule has 1 unspecified atom stereocenters. The lowest BCUT2D eigenvalue weighted by atomic mass is 10.1. The van der Waals surface area contributed by atoms with Gasteiger partial charge >= 0.3 is 0 Å². The Kier molecular flexibility index (Phi) is 8.28. The fourth-order valence-electron chi connectivity index (χ4n) is 4.80. The first-order chi connectivity index (χ1) is 16.8. The van der Waals surface area contributed by atoms with E-state index in [0.717, 1.165) is 62.9 Å². The van der Waals surface area contributed by atoms with Crippen LogP contribution >= 0.6 is 23.1 Å². The number of carbonyl (C=O) groups is 3. The van der Waals surface area contributed by atoms with E-state index in [4.69, 9.17) is 17.3 Å². The van der Waals surface area contributed by atoms with Crippen LogP contribution in [-0.2, 0) is 11.3 Å². The molecule has 0 radical (unpaired) electrons. The molecule has 8 nitrogen and oxygen atoms in total. The van der Waals surface area contributed by atoms with Crippen molar-refractivity contribution in [1.29, 1.82) is 0 Å². The highest BCUT2D eigenvalue weighted by Gasteiger charge is 2.33. The first-order valence-electron chi connectivity index (χ1n) is 12.3. The molecule has 0 saturated heterocycles. The van der Waals surface area contributed by atoms with Crippen LogP contribution in [0.25, 0.3) is 0 Å². The Morgan fingerprint density at radius 1 is 1.09 bits per heavy atom. The Morgan fingerprint density at radius 2 is 1.69 bits per heavy atom. The van der Waals surface area contributed by atoms with Gasteiger partial charge in [-0.2, -0.15) is 4.37 Å². The predicted molar refractivity (Wildman–Crippen MR) is 137 cm³/mol. The van der Waals surface area contributed by atoms with E-state index >= 15 is 0 Å². The summed E-state index contributed by atoms with van der Waals surface area (Å²) in [4.78, 5) is 41.1. The summed E-state index contributed by atoms with van der Waals surface area (Å²) in [6.07, 6.45) is 8.09. The van der Waals surface area contributed by atoms with Crippen molar-refractivity contribution in [2.75, 3.05) is 5.73 Å². The highest BCUT2D eigenvalue weighted by atomic mass is 35.5. The van der Waals surface area contributed by atoms with Crippen molar-refractivity contribution >= 4 is 46.5 Å². The highest BCUT2D eigenvalue weighted by molar-refractivity contribution is 7.09. The molecule has 3 amide bonds. The van der Waals surface area contributed by atoms with Gasteiger partial charge in [0.15, 0.2) is 5.69 Å². The minimum absolute atomic E-state index is 0.0445. The molecule has 10 heteroatoms. The summed E-state index contributed by atoms with van der Waals surface area (Å²) in [6.45, 7) is 1.82. The molecule has 2 fully saturated rings. The van der Waals surface area contributed by atoms with Crippen molar-refractivity contribution in [2.45, 2.75) is 83.0 Å². The molecule has 0 bridgehead atoms. The maximum Gasteiger partial charge on any atom is 0.273 e. The standard InChI is InChI=1S/C25H32ClN5O3S/c1-15(23(32)28-17-9-3-4-10-17)31(14-16-8-2-7-13-19(16)26)25(34)22-20(27)21(30-35-22)24(33)29-18-11-5-6-12-18/h2,7-8,13,15,17-18H,3-6,9-12,14,27H2,1H3,(H,28,32)(H,29,33). The van der Waals surface area contributed by atoms with Gasteiger partial charge in [-0.1, -0.05) is 55.5 Å². The number of nitrogen functional groups attached to an aromatic ring is 1. The second-order valence-corrected chi connectivity index (χ2v) is 10.6. The Hall–Kier alpha value is -2.65. The third-order valence-corrected chi connectivity index (χ3v) is 8.16. The van der Waals surface area contributed by atoms with E-state index in [2.05, 4.69) is 15.0 Å². The van der Waals surface area contributed by atoms with E-state index in [-0.39, 0.29) is 46.7 Å². The largest absolute Gasteiger partial charge is 0.395 e. The second-order valence-electron chi connectivity index (χ2n) is 9.42. The average Bonchev–Trinajstić information content (AvgIpc) is 3.61. The molecule has 2 aliphatic rings. The van der Waals surface area contributed by atoms with Crippen molar-refractivity contribution in [3.63, 3.8) is 0 Å². The van der Waals surface area contributed by atoms with E-state index in [1.807, 2.05) is 18.2 Å². The zero-order valence-corrected chi connectivity index (χ0v) is 21.5. The molecule has 1 heterocycles. The molecular formula is C25H32ClN5O3S. The monoisotopic (exact) mass is 517 g/mol. The van der Waals surface area contributed by atoms with Crippen molar-refractivity contribution < 1.29 is 14.4 Å². The number of halogens is 1. The lowest BCUT2D eigenvalue weighted by Crippen LogP contribution is -2.49. The zero-order valence-electron chi connectivity index (χ0n) is 19.9. The molecule has 2 aliphatic carbocycles. The molecule has 1 atom stereocenters. The topological polar surface area (TPSA) is 117 Å². The minimum atomic E-state index is -0.767. The van der Waals surface area contributed by atoms with Gasteiger partial charge in [-0.3, -0.25) is 14.4 Å². The third kappa shape index (κ3) is 5.95. The van der Waals surface area contributed by atoms with Crippen LogP contribution in [0.1, 0.15) is 84.0 Å². The van der Waals surface area contributed by atoms with E-state index in [1.165, 1.54) is 4.90 Å². The average molecular weight is 518 g/mol. The van der Waals surface area contributed by atoms with Gasteiger partial charge in [0.25, 0.3) is 11.8 Å². The van der Waals surface area contributed by atoms with Crippen LogP contribution in [0.3, 0.4) is 0 Å². The predicted octanol–water partition coefficient (Wildman–Crippen LogP) is 4.14. The number of nitrogens with one attached hydrogen (secondary N) is 2. The zero-order chi connectivity index (χ0) is 24.9. The van der Waals surface area contributed by atoms with Crippen LogP contribution in [0.4, 0.5) is 5.69 Å². The molecule has 4 N–H and O–H groups in total. The summed E-state index contributed by atoms with van der Waals surface area (Å²) in [6, 6.07) is 6.68. The van der Waals surface area contributed by atoms with E-state index < -0.39 is 11.9 Å². The Labute approximate surface area is 214 Å². The summed E-state index contributed by atoms with van der Waals surface area (Å²) in [5.41, 5.74) is 7.08. The molecule has 4 rings (SSSR count). The van der Waals surface area contributed by atoms with Crippen molar-refractivity contribution in [3.05, 3.63) is 45.4 Å². The molecule has 188 valence electrons. The smallest absolute Gasteiger partial charge is 0.273 e. The van der Waals surface area contributed by atoms with Crippen molar-refractivity contribution in [1.82, 2.24) is 19.9 Å². The van der Waals surface area contributed by atoms with Gasteiger partial charge in [-0.25, -0.2) is 0 Å². The molecule has 2 aromatic rings. The van der Waals surface area contributed by atoms with Gasteiger partial charge < -0.3 is 21.3 Å². The van der Waals surface area contributed by atoms with Gasteiger partial charge in [0.2, 0.25) is 5.91 Å². The lowest BCUT2D eigenvalue weighted by Gasteiger charge is -2.29. The van der Waals surface area contributed by atoms with Crippen LogP contribution in [0.2, 0.25) is 5.02 Å². The number of nitrogens with zero attached hydrogens (tertiary/aromatic N) is 2. The number of nitrogens with two attached hydrogens (primary N) is 1. The number of anilines is 1. The van der Waals surface area contributed by atoms with Crippen LogP contribution in [-0.4, -0.2) is 45.1 Å². The number of rotatable bonds is 8. The highest BCUT2D eigenvalue weighted by Crippen LogP contribution is 2.28. The SMILES string of the molecule is CC(C(=O)NC1CCCC1)N(Cc1ccccc1Cl)C(=O)c1snc(C(=O)NC2CCCC2)c1N. The van der Waals surface area contributed by atoms with Gasteiger partial charge in [0, 0.05) is 23.7 Å². The summed E-state index contributed by atoms with van der Waals surface area (Å²) in [5.74, 6) is -1.04. The first-order valence-corrected chi connectivity index (χ1v) is 13.4. The van der Waals surface area contributed by atoms with Gasteiger partial charge in [0.05, 0.1) is 5.69 Å². The molecule has 1 aromatic heterocycles. The number of hydrogen-bond acceptors (Lipinski definition) is 6. The molecule has 0 aliphatic heterocycles. The third-order valence-electron chi connectivity index (χ3n) is 6.94. The Balaban J connectivity index is 1.56. The molecule has 0 spiro atoms. The summed E-state index contributed by atoms with van der Waals surface area (Å²) >= 11 is 7.26. The van der Waals surface area contributed by atoms with Gasteiger partial charge in [-0.05, 0) is 55.8 Å². The maximum absolute atomic E-state index is 13.7. The number of carbonyl (C=O) groups excluding carboxylic acids is 3. The number of benzene rings is 1. The van der Waals surface area contributed by atoms with Gasteiger partial charge in [-0.15, -0.1) is 0 Å². The van der Waals surface area contributed by atoms with Crippen LogP contribution in [0, 0.1) is 0 Å². The lowest BCUT2D eigenvalue weighted by molar-refractivity contribution is -0.126. The van der Waals surface area contributed by atoms with Crippen molar-refractivity contribution in [2.24, 2.45) is 0 Å². The summed E-state index contributed by atoms with van der Waals surface area (Å²) in [5, 5.41) is 6.54. The second kappa shape index (κ2) is 11.4. The molecule has 35 heavy (non-hydrogen) atoms. The minimum Gasteiger partial charge on any atom is -0.395 e. The summed E-state index contributed by atoms with van der Waals surface area (Å²) in [7, 11) is 0. The van der Waals surface area contributed by atoms with Crippen LogP contribution in [0.15, 0.2) is 24.3 Å². The fourth-order valence-corrected chi connectivity index (χ4v) is 5.75. The fraction of sp³-hybridized carbons (Fsp3) is 0.520. The maximum atomic E-state index is 13.7. The Bertz CT molecular complexity index is 1080. The number of aromatic nitrogens is 1. The van der Waals surface area contributed by atoms with E-state index in [9.17, 15) is 14.4 Å². The summed E-state index contributed by atoms with van der Waals surface area (Å²) < 4.78 is 4.20. The quantitative estimate of drug-likeness (QED) is 0.486. The van der Waals surface area contributed by atoms with Gasteiger partial charge in [0.1, 0.15) is 10.9 Å². The number of hydrogen-bond donors (Lipinski definition) is 3.